The van der Waals surface area contributed by atoms with Crippen LogP contribution in [0.25, 0.3) is 11.5 Å². The van der Waals surface area contributed by atoms with Crippen molar-refractivity contribution in [1.29, 1.82) is 0 Å². The van der Waals surface area contributed by atoms with Crippen molar-refractivity contribution in [1.82, 2.24) is 10.3 Å². The van der Waals surface area contributed by atoms with Gasteiger partial charge in [0, 0.05) is 18.5 Å². The summed E-state index contributed by atoms with van der Waals surface area (Å²) in [6.45, 7) is 0.831. The predicted octanol–water partition coefficient (Wildman–Crippen LogP) is 2.24. The average molecular weight is 220 g/mol. The number of hydrogen-bond acceptors (Lipinski definition) is 3. The van der Waals surface area contributed by atoms with E-state index in [1.807, 2.05) is 7.05 Å². The topological polar surface area (TPSA) is 38.1 Å². The van der Waals surface area contributed by atoms with Crippen molar-refractivity contribution in [3.05, 3.63) is 42.0 Å². The molecule has 16 heavy (non-hydrogen) atoms. The third-order valence-electron chi connectivity index (χ3n) is 2.25. The maximum absolute atomic E-state index is 13.0. The minimum Gasteiger partial charge on any atom is -0.441 e. The fourth-order valence-electron chi connectivity index (χ4n) is 1.43. The summed E-state index contributed by atoms with van der Waals surface area (Å²) >= 11 is 0. The molecule has 0 atom stereocenters. The highest BCUT2D eigenvalue weighted by molar-refractivity contribution is 5.52. The van der Waals surface area contributed by atoms with E-state index in [9.17, 15) is 4.39 Å². The summed E-state index contributed by atoms with van der Waals surface area (Å²) < 4.78 is 18.5. The Morgan fingerprint density at radius 1 is 1.44 bits per heavy atom. The number of oxazole rings is 1. The number of nitrogens with zero attached hydrogens (tertiary/aromatic N) is 1. The van der Waals surface area contributed by atoms with E-state index >= 15 is 0 Å². The lowest BCUT2D eigenvalue weighted by Crippen LogP contribution is -2.09. The predicted molar refractivity (Wildman–Crippen MR) is 59.5 cm³/mol. The van der Waals surface area contributed by atoms with Gasteiger partial charge in [0.2, 0.25) is 5.89 Å². The highest BCUT2D eigenvalue weighted by atomic mass is 19.1. The van der Waals surface area contributed by atoms with Crippen molar-refractivity contribution >= 4 is 0 Å². The third kappa shape index (κ3) is 2.46. The number of rotatable bonds is 4. The molecule has 0 amide bonds. The first-order valence-electron chi connectivity index (χ1n) is 5.15. The molecule has 0 aliphatic carbocycles. The summed E-state index contributed by atoms with van der Waals surface area (Å²) in [5, 5.41) is 3.03. The minimum atomic E-state index is -0.285. The molecule has 0 saturated carbocycles. The number of nitrogens with one attached hydrogen (secondary N) is 1. The highest BCUT2D eigenvalue weighted by Gasteiger charge is 2.06. The van der Waals surface area contributed by atoms with Gasteiger partial charge in [0.05, 0.1) is 6.20 Å². The fraction of sp³-hybridized carbons (Fsp3) is 0.250. The number of benzene rings is 1. The first-order valence-corrected chi connectivity index (χ1v) is 5.15. The van der Waals surface area contributed by atoms with Crippen molar-refractivity contribution in [2.24, 2.45) is 0 Å². The molecule has 0 fully saturated rings. The van der Waals surface area contributed by atoms with Gasteiger partial charge in [0.15, 0.2) is 0 Å². The maximum atomic E-state index is 13.0. The second-order valence-corrected chi connectivity index (χ2v) is 3.50. The van der Waals surface area contributed by atoms with Gasteiger partial charge in [0.25, 0.3) is 0 Å². The molecule has 2 rings (SSSR count). The Morgan fingerprint density at radius 3 is 3.06 bits per heavy atom. The van der Waals surface area contributed by atoms with Crippen LogP contribution in [0.2, 0.25) is 0 Å². The Labute approximate surface area is 93.3 Å². The van der Waals surface area contributed by atoms with Crippen molar-refractivity contribution in [3.63, 3.8) is 0 Å². The Morgan fingerprint density at radius 2 is 2.31 bits per heavy atom. The van der Waals surface area contributed by atoms with E-state index in [1.54, 1.807) is 18.3 Å². The fourth-order valence-corrected chi connectivity index (χ4v) is 1.43. The van der Waals surface area contributed by atoms with Crippen LogP contribution in [0.4, 0.5) is 4.39 Å². The van der Waals surface area contributed by atoms with Gasteiger partial charge in [-0.3, -0.25) is 0 Å². The van der Waals surface area contributed by atoms with E-state index in [4.69, 9.17) is 4.42 Å². The lowest BCUT2D eigenvalue weighted by atomic mass is 10.2. The van der Waals surface area contributed by atoms with Crippen molar-refractivity contribution < 1.29 is 8.81 Å². The molecule has 0 unspecified atom stereocenters. The monoisotopic (exact) mass is 220 g/mol. The van der Waals surface area contributed by atoms with Crippen molar-refractivity contribution in [2.75, 3.05) is 13.6 Å². The lowest BCUT2D eigenvalue weighted by molar-refractivity contribution is 0.511. The van der Waals surface area contributed by atoms with E-state index in [0.29, 0.717) is 11.5 Å². The molecule has 1 aromatic carbocycles. The molecule has 0 bridgehead atoms. The third-order valence-corrected chi connectivity index (χ3v) is 2.25. The molecule has 84 valence electrons. The molecule has 0 spiro atoms. The molecule has 0 saturated heterocycles. The molecule has 3 nitrogen and oxygen atoms in total. The van der Waals surface area contributed by atoms with Gasteiger partial charge in [-0.15, -0.1) is 0 Å². The van der Waals surface area contributed by atoms with E-state index in [-0.39, 0.29) is 5.82 Å². The van der Waals surface area contributed by atoms with Crippen LogP contribution < -0.4 is 5.32 Å². The average Bonchev–Trinajstić information content (AvgIpc) is 2.75. The molecule has 0 aliphatic heterocycles. The molecule has 4 heteroatoms. The molecular formula is C12H13FN2O. The van der Waals surface area contributed by atoms with Crippen LogP contribution in [-0.2, 0) is 6.42 Å². The summed E-state index contributed by atoms with van der Waals surface area (Å²) in [6.07, 6.45) is 2.45. The van der Waals surface area contributed by atoms with E-state index in [1.165, 1.54) is 12.1 Å². The number of likely N-dealkylation sites (N-methyl/N-ethyl adjacent to an activating group) is 1. The smallest absolute Gasteiger partial charge is 0.226 e. The van der Waals surface area contributed by atoms with Gasteiger partial charge >= 0.3 is 0 Å². The second kappa shape index (κ2) is 4.90. The Bertz CT molecular complexity index is 468. The van der Waals surface area contributed by atoms with Gasteiger partial charge < -0.3 is 9.73 Å². The largest absolute Gasteiger partial charge is 0.441 e. The molecule has 1 heterocycles. The zero-order chi connectivity index (χ0) is 11.4. The summed E-state index contributed by atoms with van der Waals surface area (Å²) in [6, 6.07) is 6.22. The summed E-state index contributed by atoms with van der Waals surface area (Å²) in [7, 11) is 1.88. The van der Waals surface area contributed by atoms with Crippen molar-refractivity contribution in [2.45, 2.75) is 6.42 Å². The van der Waals surface area contributed by atoms with Gasteiger partial charge in [-0.1, -0.05) is 6.07 Å². The quantitative estimate of drug-likeness (QED) is 0.858. The SMILES string of the molecule is CNCCc1cnc(-c2cccc(F)c2)o1. The molecule has 0 aliphatic rings. The number of aromatic nitrogens is 1. The standard InChI is InChI=1S/C12H13FN2O/c1-14-6-5-11-8-15-12(16-11)9-3-2-4-10(13)7-9/h2-4,7-8,14H,5-6H2,1H3. The van der Waals surface area contributed by atoms with Crippen molar-refractivity contribution in [3.8, 4) is 11.5 Å². The van der Waals surface area contributed by atoms with Gasteiger partial charge in [-0.05, 0) is 25.2 Å². The van der Waals surface area contributed by atoms with Gasteiger partial charge in [-0.25, -0.2) is 9.37 Å². The highest BCUT2D eigenvalue weighted by Crippen LogP contribution is 2.19. The zero-order valence-electron chi connectivity index (χ0n) is 9.03. The summed E-state index contributed by atoms with van der Waals surface area (Å²) in [5.41, 5.74) is 0.663. The second-order valence-electron chi connectivity index (χ2n) is 3.50. The number of halogens is 1. The first kappa shape index (κ1) is 10.8. The van der Waals surface area contributed by atoms with Crippen LogP contribution in [0.15, 0.2) is 34.9 Å². The van der Waals surface area contributed by atoms with Crippen LogP contribution in [0.5, 0.6) is 0 Å². The van der Waals surface area contributed by atoms with Gasteiger partial charge in [0.1, 0.15) is 11.6 Å². The van der Waals surface area contributed by atoms with Gasteiger partial charge in [-0.2, -0.15) is 0 Å². The normalized spacial score (nSPS) is 10.6. The zero-order valence-corrected chi connectivity index (χ0v) is 9.03. The minimum absolute atomic E-state index is 0.285. The lowest BCUT2D eigenvalue weighted by Gasteiger charge is -1.96. The molecular weight excluding hydrogens is 207 g/mol. The summed E-state index contributed by atoms with van der Waals surface area (Å²) in [5.74, 6) is 0.978. The van der Waals surface area contributed by atoms with E-state index in [2.05, 4.69) is 10.3 Å². The summed E-state index contributed by atoms with van der Waals surface area (Å²) in [4.78, 5) is 4.12. The molecule has 1 N–H and O–H groups in total. The molecule has 1 aromatic heterocycles. The first-order chi connectivity index (χ1) is 7.79. The Kier molecular flexibility index (Phi) is 3.31. The number of hydrogen-bond donors (Lipinski definition) is 1. The van der Waals surface area contributed by atoms with E-state index in [0.717, 1.165) is 18.7 Å². The molecule has 0 radical (unpaired) electrons. The van der Waals surface area contributed by atoms with Crippen LogP contribution in [0, 0.1) is 5.82 Å². The Balaban J connectivity index is 2.18. The molecule has 2 aromatic rings. The van der Waals surface area contributed by atoms with Crippen LogP contribution in [0.1, 0.15) is 5.76 Å². The van der Waals surface area contributed by atoms with E-state index < -0.39 is 0 Å². The maximum Gasteiger partial charge on any atom is 0.226 e. The van der Waals surface area contributed by atoms with Crippen LogP contribution in [0.3, 0.4) is 0 Å². The Hall–Kier alpha value is -1.68. The van der Waals surface area contributed by atoms with Crippen LogP contribution in [-0.4, -0.2) is 18.6 Å². The van der Waals surface area contributed by atoms with Crippen LogP contribution >= 0.6 is 0 Å².